The van der Waals surface area contributed by atoms with E-state index >= 15 is 0 Å². The maximum atomic E-state index is 12.9. The van der Waals surface area contributed by atoms with Crippen molar-refractivity contribution in [1.29, 1.82) is 0 Å². The first-order chi connectivity index (χ1) is 15.7. The van der Waals surface area contributed by atoms with Crippen molar-refractivity contribution in [2.75, 3.05) is 0 Å². The number of carbonyl (C=O) groups excluding carboxylic acids is 2. The maximum absolute atomic E-state index is 12.9. The van der Waals surface area contributed by atoms with Crippen molar-refractivity contribution in [2.45, 2.75) is 26.1 Å². The molecule has 33 heavy (non-hydrogen) atoms. The fourth-order valence-electron chi connectivity index (χ4n) is 2.61. The molecule has 0 spiro atoms. The van der Waals surface area contributed by atoms with Crippen LogP contribution in [0.4, 0.5) is 0 Å². The van der Waals surface area contributed by atoms with Crippen LogP contribution in [0.5, 0.6) is 0 Å². The number of rotatable bonds is 8. The molecule has 3 aromatic rings. The van der Waals surface area contributed by atoms with Crippen LogP contribution in [0.1, 0.15) is 28.8 Å². The number of aromatic nitrogens is 2. The molecule has 1 heterocycles. The van der Waals surface area contributed by atoms with Crippen LogP contribution in [0.3, 0.4) is 0 Å². The highest BCUT2D eigenvalue weighted by Gasteiger charge is 2.14. The zero-order chi connectivity index (χ0) is 24.0. The van der Waals surface area contributed by atoms with Gasteiger partial charge in [0.25, 0.3) is 5.91 Å². The van der Waals surface area contributed by atoms with E-state index in [4.69, 9.17) is 33.0 Å². The minimum Gasteiger partial charge on any atom is -0.481 e. The number of aliphatic carboxylic acids is 1. The van der Waals surface area contributed by atoms with Gasteiger partial charge in [0.05, 0.1) is 19.4 Å². The molecule has 0 aliphatic heterocycles. The summed E-state index contributed by atoms with van der Waals surface area (Å²) >= 11 is 12.7. The molecule has 0 aliphatic carbocycles. The SMILES string of the molecule is O=C(O)CCC(=O)OCn1c(=O)n(Cc2ccc(Cl)cc2)s/c1=N/C(=O)c1ccc(Cl)cc1. The number of hydrogen-bond donors (Lipinski definition) is 1. The molecule has 3 rings (SSSR count). The third-order valence-electron chi connectivity index (χ3n) is 4.29. The topological polar surface area (TPSA) is 120 Å². The molecule has 0 fully saturated rings. The number of carbonyl (C=O) groups is 3. The Bertz CT molecular complexity index is 1290. The van der Waals surface area contributed by atoms with Gasteiger partial charge in [0.1, 0.15) is 0 Å². The van der Waals surface area contributed by atoms with E-state index in [1.54, 1.807) is 24.3 Å². The molecule has 0 radical (unpaired) electrons. The second-order valence-electron chi connectivity index (χ2n) is 6.71. The van der Waals surface area contributed by atoms with Gasteiger partial charge in [0.15, 0.2) is 6.73 Å². The summed E-state index contributed by atoms with van der Waals surface area (Å²) in [6, 6.07) is 12.9. The summed E-state index contributed by atoms with van der Waals surface area (Å²) in [5.74, 6) is -2.56. The van der Waals surface area contributed by atoms with Gasteiger partial charge in [-0.2, -0.15) is 4.99 Å². The lowest BCUT2D eigenvalue weighted by Crippen LogP contribution is -2.32. The number of hydrogen-bond acceptors (Lipinski definition) is 6. The minimum atomic E-state index is -1.15. The highest BCUT2D eigenvalue weighted by Crippen LogP contribution is 2.12. The number of carboxylic acids is 1. The molecule has 0 unspecified atom stereocenters. The molecule has 0 bridgehead atoms. The standard InChI is InChI=1S/C21H17Cl2N3O6S/c22-15-5-1-13(2-6-15)11-26-21(31)25(12-32-18(29)10-9-17(27)28)20(33-26)24-19(30)14-3-7-16(23)8-4-14/h1-8H,9-12H2,(H,27,28)/b24-20+. The number of esters is 1. The van der Waals surface area contributed by atoms with Crippen molar-refractivity contribution in [3.63, 3.8) is 0 Å². The van der Waals surface area contributed by atoms with Gasteiger partial charge in [-0.05, 0) is 53.5 Å². The van der Waals surface area contributed by atoms with Crippen molar-refractivity contribution in [3.05, 3.63) is 85.0 Å². The van der Waals surface area contributed by atoms with Gasteiger partial charge in [0.2, 0.25) is 4.80 Å². The van der Waals surface area contributed by atoms with Crippen molar-refractivity contribution in [3.8, 4) is 0 Å². The molecular weight excluding hydrogens is 493 g/mol. The fourth-order valence-corrected chi connectivity index (χ4v) is 3.80. The lowest BCUT2D eigenvalue weighted by Gasteiger charge is -2.04. The summed E-state index contributed by atoms with van der Waals surface area (Å²) in [6.07, 6.45) is -0.755. The number of benzene rings is 2. The molecular formula is C21H17Cl2N3O6S. The van der Waals surface area contributed by atoms with Crippen molar-refractivity contribution >= 4 is 52.6 Å². The summed E-state index contributed by atoms with van der Waals surface area (Å²) in [7, 11) is 0. The Morgan fingerprint density at radius 1 is 0.970 bits per heavy atom. The Hall–Kier alpha value is -3.21. The predicted octanol–water partition coefficient (Wildman–Crippen LogP) is 3.17. The highest BCUT2D eigenvalue weighted by molar-refractivity contribution is 7.03. The summed E-state index contributed by atoms with van der Waals surface area (Å²) in [5.41, 5.74) is 0.488. The van der Waals surface area contributed by atoms with Crippen LogP contribution < -0.4 is 10.5 Å². The van der Waals surface area contributed by atoms with E-state index in [1.165, 1.54) is 28.2 Å². The summed E-state index contributed by atoms with van der Waals surface area (Å²) in [6.45, 7) is -0.341. The average Bonchev–Trinajstić information content (AvgIpc) is 3.06. The Labute approximate surface area is 201 Å². The summed E-state index contributed by atoms with van der Waals surface area (Å²) in [5, 5.41) is 9.69. The first-order valence-corrected chi connectivity index (χ1v) is 11.0. The average molecular weight is 510 g/mol. The third kappa shape index (κ3) is 6.88. The molecule has 0 saturated carbocycles. The number of ether oxygens (including phenoxy) is 1. The molecule has 2 aromatic carbocycles. The van der Waals surface area contributed by atoms with Gasteiger partial charge in [-0.15, -0.1) is 0 Å². The van der Waals surface area contributed by atoms with Gasteiger partial charge < -0.3 is 9.84 Å². The van der Waals surface area contributed by atoms with Gasteiger partial charge in [-0.25, -0.2) is 13.3 Å². The zero-order valence-corrected chi connectivity index (χ0v) is 19.3. The van der Waals surface area contributed by atoms with Gasteiger partial charge in [0, 0.05) is 15.6 Å². The van der Waals surface area contributed by atoms with E-state index in [-0.39, 0.29) is 23.3 Å². The number of halogens is 2. The van der Waals surface area contributed by atoms with Crippen LogP contribution in [0.2, 0.25) is 10.0 Å². The Morgan fingerprint density at radius 2 is 1.58 bits per heavy atom. The minimum absolute atomic E-state index is 0.0138. The lowest BCUT2D eigenvalue weighted by molar-refractivity contribution is -0.150. The van der Waals surface area contributed by atoms with Crippen molar-refractivity contribution < 1.29 is 24.2 Å². The fraction of sp³-hybridized carbons (Fsp3) is 0.190. The lowest BCUT2D eigenvalue weighted by atomic mass is 10.2. The van der Waals surface area contributed by atoms with E-state index < -0.39 is 36.7 Å². The van der Waals surface area contributed by atoms with Crippen LogP contribution in [-0.2, 0) is 27.6 Å². The first-order valence-electron chi connectivity index (χ1n) is 9.50. The number of carboxylic acid groups (broad SMARTS) is 1. The van der Waals surface area contributed by atoms with Crippen LogP contribution in [-0.4, -0.2) is 31.5 Å². The van der Waals surface area contributed by atoms with Gasteiger partial charge >= 0.3 is 17.6 Å². The molecule has 12 heteroatoms. The smallest absolute Gasteiger partial charge is 0.342 e. The maximum Gasteiger partial charge on any atom is 0.342 e. The van der Waals surface area contributed by atoms with Crippen LogP contribution in [0.15, 0.2) is 58.3 Å². The molecule has 0 atom stereocenters. The van der Waals surface area contributed by atoms with E-state index in [9.17, 15) is 19.2 Å². The molecule has 0 saturated heterocycles. The van der Waals surface area contributed by atoms with E-state index in [1.807, 2.05) is 0 Å². The second-order valence-corrected chi connectivity index (χ2v) is 8.57. The van der Waals surface area contributed by atoms with E-state index in [2.05, 4.69) is 4.99 Å². The number of nitrogens with zero attached hydrogens (tertiary/aromatic N) is 3. The molecule has 172 valence electrons. The zero-order valence-electron chi connectivity index (χ0n) is 16.9. The Balaban J connectivity index is 1.92. The van der Waals surface area contributed by atoms with Crippen molar-refractivity contribution in [2.24, 2.45) is 4.99 Å². The summed E-state index contributed by atoms with van der Waals surface area (Å²) in [4.78, 5) is 52.0. The van der Waals surface area contributed by atoms with Gasteiger partial charge in [-0.1, -0.05) is 35.3 Å². The van der Waals surface area contributed by atoms with Crippen LogP contribution >= 0.6 is 34.7 Å². The quantitative estimate of drug-likeness (QED) is 0.465. The largest absolute Gasteiger partial charge is 0.481 e. The van der Waals surface area contributed by atoms with E-state index in [0.29, 0.717) is 10.0 Å². The third-order valence-corrected chi connectivity index (χ3v) is 5.78. The first kappa shape index (κ1) is 24.4. The highest BCUT2D eigenvalue weighted by atomic mass is 35.5. The van der Waals surface area contributed by atoms with Gasteiger partial charge in [-0.3, -0.25) is 14.4 Å². The summed E-state index contributed by atoms with van der Waals surface area (Å²) < 4.78 is 7.41. The molecule has 9 nitrogen and oxygen atoms in total. The number of amides is 1. The monoisotopic (exact) mass is 509 g/mol. The van der Waals surface area contributed by atoms with Crippen molar-refractivity contribution in [1.82, 2.24) is 8.52 Å². The predicted molar refractivity (Wildman–Crippen MR) is 121 cm³/mol. The van der Waals surface area contributed by atoms with Crippen LogP contribution in [0, 0.1) is 0 Å². The molecule has 1 aromatic heterocycles. The molecule has 1 N–H and O–H groups in total. The normalized spacial score (nSPS) is 11.4. The Kier molecular flexibility index (Phi) is 8.21. The van der Waals surface area contributed by atoms with E-state index in [0.717, 1.165) is 21.7 Å². The molecule has 1 amide bonds. The second kappa shape index (κ2) is 11.1. The Morgan fingerprint density at radius 3 is 2.18 bits per heavy atom. The van der Waals surface area contributed by atoms with Crippen LogP contribution in [0.25, 0.3) is 0 Å². The molecule has 0 aliphatic rings.